The summed E-state index contributed by atoms with van der Waals surface area (Å²) >= 11 is 0. The van der Waals surface area contributed by atoms with Gasteiger partial charge in [0, 0.05) is 32.1 Å². The van der Waals surface area contributed by atoms with Gasteiger partial charge in [-0.3, -0.25) is 5.41 Å². The predicted molar refractivity (Wildman–Crippen MR) is 99.0 cm³/mol. The highest BCUT2D eigenvalue weighted by Gasteiger charge is 2.24. The maximum atomic E-state index is 6.41. The van der Waals surface area contributed by atoms with Crippen LogP contribution in [0, 0.1) is 0 Å². The average Bonchev–Trinajstić information content (AvgIpc) is 3.12. The van der Waals surface area contributed by atoms with Crippen molar-refractivity contribution in [3.63, 3.8) is 0 Å². The summed E-state index contributed by atoms with van der Waals surface area (Å²) in [4.78, 5) is 6.69. The molecule has 0 bridgehead atoms. The Morgan fingerprint density at radius 1 is 1.36 bits per heavy atom. The fourth-order valence-corrected chi connectivity index (χ4v) is 3.07. The number of hydrogen-bond acceptors (Lipinski definition) is 5. The molecule has 0 aliphatic carbocycles. The van der Waals surface area contributed by atoms with Crippen molar-refractivity contribution in [1.29, 1.82) is 0 Å². The number of pyridine rings is 1. The summed E-state index contributed by atoms with van der Waals surface area (Å²) in [6.07, 6.45) is 3.04. The van der Waals surface area contributed by atoms with E-state index >= 15 is 0 Å². The minimum atomic E-state index is 0.255. The van der Waals surface area contributed by atoms with Gasteiger partial charge in [0.15, 0.2) is 0 Å². The van der Waals surface area contributed by atoms with Gasteiger partial charge in [-0.15, -0.1) is 0 Å². The third-order valence-electron chi connectivity index (χ3n) is 4.48. The van der Waals surface area contributed by atoms with Gasteiger partial charge in [0.25, 0.3) is 0 Å². The van der Waals surface area contributed by atoms with Gasteiger partial charge in [0.1, 0.15) is 11.6 Å². The number of hydrogen-bond donors (Lipinski definition) is 2. The smallest absolute Gasteiger partial charge is 0.213 e. The first-order chi connectivity index (χ1) is 12.1. The normalized spacial score (nSPS) is 16.9. The number of nitrogen functional groups attached to an aromatic ring is 1. The van der Waals surface area contributed by atoms with Crippen LogP contribution in [0.15, 0.2) is 36.5 Å². The zero-order chi connectivity index (χ0) is 17.8. The average molecular weight is 341 g/mol. The highest BCUT2D eigenvalue weighted by molar-refractivity contribution is 6.12. The SMILES string of the molecule is CCOc1ccc(N)c(C(=[NH2+])c2ccnc(N3CC[C@H](OC)C3)c2)c1. The van der Waals surface area contributed by atoms with E-state index < -0.39 is 0 Å². The highest BCUT2D eigenvalue weighted by atomic mass is 16.5. The topological polar surface area (TPSA) is 86.2 Å². The van der Waals surface area contributed by atoms with Gasteiger partial charge in [-0.05, 0) is 43.7 Å². The van der Waals surface area contributed by atoms with Crippen LogP contribution in [0.1, 0.15) is 24.5 Å². The van der Waals surface area contributed by atoms with Crippen LogP contribution in [0.4, 0.5) is 11.5 Å². The molecule has 1 aromatic heterocycles. The number of nitrogens with two attached hydrogens (primary N) is 2. The maximum Gasteiger partial charge on any atom is 0.213 e. The molecule has 1 aromatic carbocycles. The molecule has 1 aliphatic rings. The fourth-order valence-electron chi connectivity index (χ4n) is 3.07. The van der Waals surface area contributed by atoms with Crippen molar-refractivity contribution in [3.05, 3.63) is 47.7 Å². The lowest BCUT2D eigenvalue weighted by Gasteiger charge is -2.17. The molecule has 0 radical (unpaired) electrons. The molecule has 2 heterocycles. The quantitative estimate of drug-likeness (QED) is 0.602. The molecule has 1 atom stereocenters. The van der Waals surface area contributed by atoms with Crippen LogP contribution in [-0.4, -0.2) is 43.6 Å². The Hall–Kier alpha value is -2.60. The highest BCUT2D eigenvalue weighted by Crippen LogP contribution is 2.24. The molecule has 1 fully saturated rings. The largest absolute Gasteiger partial charge is 0.494 e. The second-order valence-corrected chi connectivity index (χ2v) is 6.09. The van der Waals surface area contributed by atoms with Crippen molar-refractivity contribution in [2.75, 3.05) is 37.4 Å². The zero-order valence-corrected chi connectivity index (χ0v) is 14.7. The third-order valence-corrected chi connectivity index (χ3v) is 4.48. The summed E-state index contributed by atoms with van der Waals surface area (Å²) in [5, 5.41) is 6.41. The van der Waals surface area contributed by atoms with Crippen LogP contribution in [0.25, 0.3) is 0 Å². The predicted octanol–water partition coefficient (Wildman–Crippen LogP) is 0.884. The van der Waals surface area contributed by atoms with E-state index in [1.807, 2.05) is 37.3 Å². The number of methoxy groups -OCH3 is 1. The lowest BCUT2D eigenvalue weighted by atomic mass is 10.0. The summed E-state index contributed by atoms with van der Waals surface area (Å²) < 4.78 is 11.0. The summed E-state index contributed by atoms with van der Waals surface area (Å²) in [7, 11) is 1.75. The van der Waals surface area contributed by atoms with E-state index in [2.05, 4.69) is 9.88 Å². The molecular weight excluding hydrogens is 316 g/mol. The minimum absolute atomic E-state index is 0.255. The summed E-state index contributed by atoms with van der Waals surface area (Å²) in [5.41, 5.74) is 9.03. The van der Waals surface area contributed by atoms with Gasteiger partial charge in [0.05, 0.1) is 23.8 Å². The molecular formula is C19H25N4O2+. The van der Waals surface area contributed by atoms with Crippen LogP contribution < -0.4 is 20.8 Å². The van der Waals surface area contributed by atoms with E-state index in [-0.39, 0.29) is 6.10 Å². The van der Waals surface area contributed by atoms with E-state index in [9.17, 15) is 0 Å². The Balaban J connectivity index is 1.86. The molecule has 1 saturated heterocycles. The molecule has 3 rings (SSSR count). The molecule has 0 unspecified atom stereocenters. The summed E-state index contributed by atoms with van der Waals surface area (Å²) in [6.45, 7) is 4.31. The van der Waals surface area contributed by atoms with Crippen LogP contribution >= 0.6 is 0 Å². The Morgan fingerprint density at radius 2 is 2.20 bits per heavy atom. The molecule has 6 nitrogen and oxygen atoms in total. The number of rotatable bonds is 6. The lowest BCUT2D eigenvalue weighted by Crippen LogP contribution is -2.41. The second-order valence-electron chi connectivity index (χ2n) is 6.09. The molecule has 0 spiro atoms. The van der Waals surface area contributed by atoms with Gasteiger partial charge in [-0.2, -0.15) is 0 Å². The number of benzene rings is 1. The molecule has 6 heteroatoms. The van der Waals surface area contributed by atoms with Crippen LogP contribution in [0.2, 0.25) is 0 Å². The van der Waals surface area contributed by atoms with Crippen LogP contribution in [-0.2, 0) is 4.74 Å². The molecule has 1 aliphatic heterocycles. The van der Waals surface area contributed by atoms with Gasteiger partial charge in [0.2, 0.25) is 5.71 Å². The van der Waals surface area contributed by atoms with Crippen molar-refractivity contribution in [1.82, 2.24) is 4.98 Å². The Bertz CT molecular complexity index is 763. The van der Waals surface area contributed by atoms with Crippen molar-refractivity contribution in [2.24, 2.45) is 0 Å². The van der Waals surface area contributed by atoms with E-state index in [0.29, 0.717) is 18.0 Å². The molecule has 0 amide bonds. The maximum absolute atomic E-state index is 6.41. The molecule has 2 aromatic rings. The molecule has 4 N–H and O–H groups in total. The zero-order valence-electron chi connectivity index (χ0n) is 14.7. The molecule has 0 saturated carbocycles. The third kappa shape index (κ3) is 3.74. The van der Waals surface area contributed by atoms with E-state index in [4.69, 9.17) is 20.6 Å². The van der Waals surface area contributed by atoms with E-state index in [1.165, 1.54) is 0 Å². The van der Waals surface area contributed by atoms with Crippen LogP contribution in [0.3, 0.4) is 0 Å². The van der Waals surface area contributed by atoms with Crippen molar-refractivity contribution in [3.8, 4) is 5.75 Å². The molecule has 25 heavy (non-hydrogen) atoms. The Kier molecular flexibility index (Phi) is 5.19. The van der Waals surface area contributed by atoms with Crippen LogP contribution in [0.5, 0.6) is 5.75 Å². The Morgan fingerprint density at radius 3 is 2.92 bits per heavy atom. The van der Waals surface area contributed by atoms with E-state index in [0.717, 1.165) is 42.2 Å². The van der Waals surface area contributed by atoms with Crippen molar-refractivity contribution < 1.29 is 14.9 Å². The summed E-state index contributed by atoms with van der Waals surface area (Å²) in [5.74, 6) is 1.66. The first kappa shape index (κ1) is 17.2. The number of ether oxygens (including phenoxy) is 2. The van der Waals surface area contributed by atoms with Gasteiger partial charge >= 0.3 is 0 Å². The number of aromatic nitrogens is 1. The van der Waals surface area contributed by atoms with Gasteiger partial charge in [-0.25, -0.2) is 4.98 Å². The van der Waals surface area contributed by atoms with Crippen molar-refractivity contribution >= 4 is 17.2 Å². The van der Waals surface area contributed by atoms with Gasteiger partial charge in [-0.1, -0.05) is 0 Å². The standard InChI is InChI=1S/C19H24N4O2/c1-3-25-14-4-5-17(20)16(11-14)19(21)13-6-8-22-18(10-13)23-9-7-15(12-23)24-2/h4-6,8,10-11,15,21H,3,7,9,12,20H2,1-2H3/p+1/t15-/m0/s1. The molecule has 132 valence electrons. The second kappa shape index (κ2) is 7.53. The first-order valence-corrected chi connectivity index (χ1v) is 8.51. The number of nitrogens with zero attached hydrogens (tertiary/aromatic N) is 2. The number of anilines is 2. The minimum Gasteiger partial charge on any atom is -0.494 e. The van der Waals surface area contributed by atoms with Crippen molar-refractivity contribution in [2.45, 2.75) is 19.4 Å². The monoisotopic (exact) mass is 341 g/mol. The fraction of sp³-hybridized carbons (Fsp3) is 0.368. The first-order valence-electron chi connectivity index (χ1n) is 8.51. The van der Waals surface area contributed by atoms with E-state index in [1.54, 1.807) is 13.3 Å². The summed E-state index contributed by atoms with van der Waals surface area (Å²) in [6, 6.07) is 9.45. The lowest BCUT2D eigenvalue weighted by molar-refractivity contribution is -0.111. The van der Waals surface area contributed by atoms with Gasteiger partial charge < -0.3 is 20.1 Å². The Labute approximate surface area is 148 Å².